The van der Waals surface area contributed by atoms with Crippen LogP contribution in [-0.2, 0) is 14.3 Å². The highest BCUT2D eigenvalue weighted by Crippen LogP contribution is 2.58. The molecule has 7 heteroatoms. The quantitative estimate of drug-likeness (QED) is 0.320. The minimum atomic E-state index is -1.71. The number of esters is 1. The molecule has 2 bridgehead atoms. The molecule has 0 spiro atoms. The Morgan fingerprint density at radius 1 is 1.41 bits per heavy atom. The Morgan fingerprint density at radius 2 is 2.05 bits per heavy atom. The van der Waals surface area contributed by atoms with Crippen LogP contribution >= 0.6 is 0 Å². The number of ether oxygens (including phenoxy) is 1. The van der Waals surface area contributed by atoms with Gasteiger partial charge in [0.2, 0.25) is 0 Å². The third-order valence-electron chi connectivity index (χ3n) is 4.72. The molecule has 2 fully saturated rings. The Balaban J connectivity index is 2.44. The summed E-state index contributed by atoms with van der Waals surface area (Å²) in [5, 5.41) is 38.8. The highest BCUT2D eigenvalue weighted by molar-refractivity contribution is 5.84. The second-order valence-electron chi connectivity index (χ2n) is 6.33. The van der Waals surface area contributed by atoms with Gasteiger partial charge in [-0.2, -0.15) is 0 Å². The van der Waals surface area contributed by atoms with Crippen LogP contribution in [0.2, 0.25) is 0 Å². The van der Waals surface area contributed by atoms with Crippen LogP contribution in [0.4, 0.5) is 0 Å². The third-order valence-corrected chi connectivity index (χ3v) is 4.72. The topological polar surface area (TPSA) is 124 Å². The van der Waals surface area contributed by atoms with Gasteiger partial charge in [-0.05, 0) is 31.9 Å². The number of hydrogen-bond acceptors (Lipinski definition) is 6. The maximum Gasteiger partial charge on any atom is 0.328 e. The van der Waals surface area contributed by atoms with E-state index in [4.69, 9.17) is 14.9 Å². The lowest BCUT2D eigenvalue weighted by atomic mass is 9.59. The van der Waals surface area contributed by atoms with Gasteiger partial charge in [0.1, 0.15) is 16.6 Å². The lowest BCUT2D eigenvalue weighted by Crippen LogP contribution is -2.61. The first-order valence-electron chi connectivity index (χ1n) is 6.95. The summed E-state index contributed by atoms with van der Waals surface area (Å²) in [5.41, 5.74) is -4.27. The van der Waals surface area contributed by atoms with Gasteiger partial charge in [-0.15, -0.1) is 0 Å². The van der Waals surface area contributed by atoms with Gasteiger partial charge in [-0.3, -0.25) is 4.79 Å². The maximum atomic E-state index is 12.2. The second-order valence-corrected chi connectivity index (χ2v) is 6.33. The normalized spacial score (nSPS) is 41.8. The number of fused-ring (bicyclic) bond motifs is 2. The molecule has 4 atom stereocenters. The fourth-order valence-electron chi connectivity index (χ4n) is 3.46. The van der Waals surface area contributed by atoms with Crippen molar-refractivity contribution in [3.63, 3.8) is 0 Å². The fourth-order valence-corrected chi connectivity index (χ4v) is 3.46. The molecule has 0 aromatic carbocycles. The van der Waals surface area contributed by atoms with E-state index in [1.807, 2.05) is 0 Å². The summed E-state index contributed by atoms with van der Waals surface area (Å²) >= 11 is 0. The Hall–Kier alpha value is -1.70. The summed E-state index contributed by atoms with van der Waals surface area (Å²) in [6, 6.07) is 0. The molecule has 0 aromatic heterocycles. The first-order chi connectivity index (χ1) is 10.1. The van der Waals surface area contributed by atoms with Crippen molar-refractivity contribution in [2.24, 2.45) is 5.41 Å². The van der Waals surface area contributed by atoms with Gasteiger partial charge in [0.15, 0.2) is 0 Å². The minimum absolute atomic E-state index is 0.0410. The lowest BCUT2D eigenvalue weighted by molar-refractivity contribution is -0.156. The van der Waals surface area contributed by atoms with Crippen LogP contribution in [0, 0.1) is 5.41 Å². The van der Waals surface area contributed by atoms with Crippen LogP contribution in [0.5, 0.6) is 0 Å². The number of hydrogen-bond donors (Lipinski definition) is 4. The summed E-state index contributed by atoms with van der Waals surface area (Å²) < 4.78 is 5.31. The zero-order valence-corrected chi connectivity index (χ0v) is 12.4. The van der Waals surface area contributed by atoms with E-state index in [0.29, 0.717) is 0 Å². The SMILES string of the molecule is CC12C[C@@H](O)C[C@](C)(C(=O)O1)[C@@]2(O)/C=C/C(=C\C(=O)O)CO. The van der Waals surface area contributed by atoms with Crippen molar-refractivity contribution in [2.45, 2.75) is 44.0 Å². The van der Waals surface area contributed by atoms with E-state index in [1.54, 1.807) is 0 Å². The molecule has 1 aliphatic heterocycles. The van der Waals surface area contributed by atoms with Crippen molar-refractivity contribution >= 4 is 11.9 Å². The van der Waals surface area contributed by atoms with Crippen molar-refractivity contribution in [3.05, 3.63) is 23.8 Å². The first-order valence-corrected chi connectivity index (χ1v) is 6.95. The van der Waals surface area contributed by atoms with Gasteiger partial charge in [-0.25, -0.2) is 4.79 Å². The monoisotopic (exact) mass is 312 g/mol. The average molecular weight is 312 g/mol. The smallest absolute Gasteiger partial charge is 0.328 e. The molecule has 1 heterocycles. The number of carbonyl (C=O) groups is 2. The Morgan fingerprint density at radius 3 is 2.55 bits per heavy atom. The van der Waals surface area contributed by atoms with Crippen molar-refractivity contribution in [1.82, 2.24) is 0 Å². The van der Waals surface area contributed by atoms with Crippen LogP contribution in [-0.4, -0.2) is 56.3 Å². The zero-order valence-electron chi connectivity index (χ0n) is 12.4. The van der Waals surface area contributed by atoms with Crippen LogP contribution in [0.15, 0.2) is 23.8 Å². The van der Waals surface area contributed by atoms with E-state index in [-0.39, 0.29) is 18.4 Å². The van der Waals surface area contributed by atoms with E-state index < -0.39 is 41.3 Å². The first kappa shape index (κ1) is 16.7. The predicted octanol–water partition coefficient (Wildman–Crippen LogP) is -0.247. The predicted molar refractivity (Wildman–Crippen MR) is 74.7 cm³/mol. The van der Waals surface area contributed by atoms with Crippen LogP contribution in [0.1, 0.15) is 26.7 Å². The van der Waals surface area contributed by atoms with E-state index in [9.17, 15) is 19.8 Å². The molecule has 4 N–H and O–H groups in total. The summed E-state index contributed by atoms with van der Waals surface area (Å²) in [6.07, 6.45) is 2.71. The van der Waals surface area contributed by atoms with E-state index >= 15 is 0 Å². The molecular formula is C15H20O7. The Bertz CT molecular complexity index is 566. The van der Waals surface area contributed by atoms with Crippen LogP contribution in [0.3, 0.4) is 0 Å². The van der Waals surface area contributed by atoms with Gasteiger partial charge >= 0.3 is 11.9 Å². The standard InChI is InChI=1S/C15H20O7/c1-13-6-10(17)7-14(2,22-12(13)20)15(13,21)4-3-9(8-16)5-11(18)19/h3-5,10,16-17,21H,6-8H2,1-2H3,(H,18,19)/b4-3+,9-5+/t10-,13+,14?,15-/m0/s1. The largest absolute Gasteiger partial charge is 0.478 e. The summed E-state index contributed by atoms with van der Waals surface area (Å²) in [4.78, 5) is 22.8. The number of aliphatic hydroxyl groups is 3. The summed E-state index contributed by atoms with van der Waals surface area (Å²) in [7, 11) is 0. The average Bonchev–Trinajstić information content (AvgIpc) is 2.47. The molecular weight excluding hydrogens is 292 g/mol. The van der Waals surface area contributed by atoms with E-state index in [0.717, 1.165) is 6.08 Å². The van der Waals surface area contributed by atoms with Gasteiger partial charge in [0.05, 0.1) is 12.7 Å². The number of carbonyl (C=O) groups excluding carboxylic acids is 1. The van der Waals surface area contributed by atoms with Gasteiger partial charge < -0.3 is 25.2 Å². The molecule has 0 amide bonds. The summed E-state index contributed by atoms with van der Waals surface area (Å²) in [5.74, 6) is -1.83. The lowest BCUT2D eigenvalue weighted by Gasteiger charge is -2.47. The van der Waals surface area contributed by atoms with Gasteiger partial charge in [-0.1, -0.05) is 6.08 Å². The highest BCUT2D eigenvalue weighted by atomic mass is 16.6. The Labute approximate surface area is 127 Å². The number of rotatable bonds is 4. The molecule has 0 radical (unpaired) electrons. The number of aliphatic hydroxyl groups excluding tert-OH is 2. The number of carboxylic acids is 1. The highest BCUT2D eigenvalue weighted by Gasteiger charge is 2.72. The number of carboxylic acid groups (broad SMARTS) is 1. The van der Waals surface area contributed by atoms with E-state index in [1.165, 1.54) is 26.0 Å². The molecule has 7 nitrogen and oxygen atoms in total. The van der Waals surface area contributed by atoms with Crippen molar-refractivity contribution in [1.29, 1.82) is 0 Å². The van der Waals surface area contributed by atoms with Crippen molar-refractivity contribution < 1.29 is 34.8 Å². The summed E-state index contributed by atoms with van der Waals surface area (Å²) in [6.45, 7) is 2.51. The zero-order chi connectivity index (χ0) is 16.8. The Kier molecular flexibility index (Phi) is 3.93. The molecule has 0 aromatic rings. The van der Waals surface area contributed by atoms with Crippen molar-refractivity contribution in [3.8, 4) is 0 Å². The fraction of sp³-hybridized carbons (Fsp3) is 0.600. The van der Waals surface area contributed by atoms with Crippen molar-refractivity contribution in [2.75, 3.05) is 6.61 Å². The van der Waals surface area contributed by atoms with Crippen LogP contribution in [0.25, 0.3) is 0 Å². The van der Waals surface area contributed by atoms with Gasteiger partial charge in [0.25, 0.3) is 0 Å². The molecule has 22 heavy (non-hydrogen) atoms. The molecule has 2 aliphatic rings. The molecule has 2 rings (SSSR count). The van der Waals surface area contributed by atoms with Gasteiger partial charge in [0, 0.05) is 12.5 Å². The molecule has 122 valence electrons. The minimum Gasteiger partial charge on any atom is -0.478 e. The molecule has 1 saturated carbocycles. The van der Waals surface area contributed by atoms with Crippen LogP contribution < -0.4 is 0 Å². The van der Waals surface area contributed by atoms with E-state index in [2.05, 4.69) is 0 Å². The molecule has 1 unspecified atom stereocenters. The second kappa shape index (κ2) is 5.19. The molecule has 1 aliphatic carbocycles. The number of aliphatic carboxylic acids is 1. The maximum absolute atomic E-state index is 12.2. The third kappa shape index (κ3) is 2.25. The molecule has 1 saturated heterocycles.